The molecule has 0 bridgehead atoms. The quantitative estimate of drug-likeness (QED) is 0.493. The van der Waals surface area contributed by atoms with Gasteiger partial charge in [-0.25, -0.2) is 0 Å². The van der Waals surface area contributed by atoms with Crippen molar-refractivity contribution in [2.75, 3.05) is 13.7 Å². The zero-order valence-electron chi connectivity index (χ0n) is 10.7. The van der Waals surface area contributed by atoms with E-state index in [-0.39, 0.29) is 27.7 Å². The molecule has 104 valence electrons. The van der Waals surface area contributed by atoms with Crippen LogP contribution in [0.3, 0.4) is 0 Å². The van der Waals surface area contributed by atoms with Gasteiger partial charge in [-0.15, -0.1) is 0 Å². The molecule has 7 heteroatoms. The SMILES string of the molecule is CCC(Br)CNC(=O)c1ccc([N+](=O)[O-])cc1OC. The van der Waals surface area contributed by atoms with E-state index in [1.165, 1.54) is 25.3 Å². The van der Waals surface area contributed by atoms with Crippen LogP contribution in [0.2, 0.25) is 0 Å². The number of carbonyl (C=O) groups is 1. The Hall–Kier alpha value is -1.63. The van der Waals surface area contributed by atoms with Crippen LogP contribution in [-0.2, 0) is 0 Å². The first-order valence-electron chi connectivity index (χ1n) is 5.74. The molecule has 0 radical (unpaired) electrons. The molecule has 0 saturated heterocycles. The van der Waals surface area contributed by atoms with Gasteiger partial charge in [-0.1, -0.05) is 22.9 Å². The van der Waals surface area contributed by atoms with Gasteiger partial charge in [-0.3, -0.25) is 14.9 Å². The number of alkyl halides is 1. The summed E-state index contributed by atoms with van der Waals surface area (Å²) in [7, 11) is 1.37. The molecule has 0 spiro atoms. The van der Waals surface area contributed by atoms with Gasteiger partial charge in [0.2, 0.25) is 0 Å². The number of hydrogen-bond acceptors (Lipinski definition) is 4. The van der Waals surface area contributed by atoms with Crippen molar-refractivity contribution in [3.63, 3.8) is 0 Å². The molecular weight excluding hydrogens is 316 g/mol. The monoisotopic (exact) mass is 330 g/mol. The van der Waals surface area contributed by atoms with E-state index in [0.29, 0.717) is 6.54 Å². The maximum absolute atomic E-state index is 11.9. The molecule has 0 aliphatic carbocycles. The van der Waals surface area contributed by atoms with Crippen LogP contribution >= 0.6 is 15.9 Å². The Morgan fingerprint density at radius 3 is 2.79 bits per heavy atom. The van der Waals surface area contributed by atoms with Crippen molar-refractivity contribution in [3.05, 3.63) is 33.9 Å². The van der Waals surface area contributed by atoms with Crippen molar-refractivity contribution in [1.82, 2.24) is 5.32 Å². The number of amides is 1. The molecule has 1 aromatic carbocycles. The minimum atomic E-state index is -0.532. The van der Waals surface area contributed by atoms with Gasteiger partial charge in [0.05, 0.1) is 23.7 Å². The van der Waals surface area contributed by atoms with Crippen molar-refractivity contribution >= 4 is 27.5 Å². The van der Waals surface area contributed by atoms with Crippen LogP contribution in [0, 0.1) is 10.1 Å². The standard InChI is InChI=1S/C12H15BrN2O4/c1-3-8(13)7-14-12(16)10-5-4-9(15(17)18)6-11(10)19-2/h4-6,8H,3,7H2,1-2H3,(H,14,16). The molecule has 19 heavy (non-hydrogen) atoms. The third kappa shape index (κ3) is 4.20. The second kappa shape index (κ2) is 7.08. The van der Waals surface area contributed by atoms with Gasteiger partial charge in [0.1, 0.15) is 5.75 Å². The summed E-state index contributed by atoms with van der Waals surface area (Å²) in [5.41, 5.74) is 0.171. The molecule has 0 aliphatic heterocycles. The molecule has 1 unspecified atom stereocenters. The lowest BCUT2D eigenvalue weighted by Gasteiger charge is -2.11. The molecule has 0 saturated carbocycles. The highest BCUT2D eigenvalue weighted by Crippen LogP contribution is 2.24. The molecule has 0 fully saturated rings. The lowest BCUT2D eigenvalue weighted by Crippen LogP contribution is -2.29. The summed E-state index contributed by atoms with van der Waals surface area (Å²) < 4.78 is 5.01. The van der Waals surface area contributed by atoms with E-state index < -0.39 is 4.92 Å². The number of nitrogens with one attached hydrogen (secondary N) is 1. The maximum Gasteiger partial charge on any atom is 0.273 e. The third-order valence-electron chi connectivity index (χ3n) is 2.57. The highest BCUT2D eigenvalue weighted by atomic mass is 79.9. The van der Waals surface area contributed by atoms with Gasteiger partial charge in [0, 0.05) is 17.4 Å². The maximum atomic E-state index is 11.9. The summed E-state index contributed by atoms with van der Waals surface area (Å²) in [6.45, 7) is 2.48. The number of nitrogens with zero attached hydrogens (tertiary/aromatic N) is 1. The van der Waals surface area contributed by atoms with Gasteiger partial charge < -0.3 is 10.1 Å². The van der Waals surface area contributed by atoms with Crippen LogP contribution in [-0.4, -0.2) is 29.3 Å². The van der Waals surface area contributed by atoms with Crippen molar-refractivity contribution in [2.24, 2.45) is 0 Å². The van der Waals surface area contributed by atoms with Crippen LogP contribution in [0.25, 0.3) is 0 Å². The number of rotatable bonds is 6. The Morgan fingerprint density at radius 2 is 2.26 bits per heavy atom. The first kappa shape index (κ1) is 15.4. The van der Waals surface area contributed by atoms with Crippen LogP contribution in [0.5, 0.6) is 5.75 Å². The first-order chi connectivity index (χ1) is 8.99. The summed E-state index contributed by atoms with van der Waals surface area (Å²) in [4.78, 5) is 22.3. The molecule has 0 heterocycles. The van der Waals surface area contributed by atoms with Gasteiger partial charge in [-0.05, 0) is 12.5 Å². The molecule has 1 aromatic rings. The summed E-state index contributed by atoms with van der Waals surface area (Å²) in [5.74, 6) is -0.126. The van der Waals surface area contributed by atoms with E-state index in [9.17, 15) is 14.9 Å². The second-order valence-electron chi connectivity index (χ2n) is 3.86. The van der Waals surface area contributed by atoms with Crippen molar-refractivity contribution < 1.29 is 14.5 Å². The smallest absolute Gasteiger partial charge is 0.273 e. The van der Waals surface area contributed by atoms with Crippen LogP contribution in [0.4, 0.5) is 5.69 Å². The zero-order chi connectivity index (χ0) is 14.4. The number of hydrogen-bond donors (Lipinski definition) is 1. The number of methoxy groups -OCH3 is 1. The molecular formula is C12H15BrN2O4. The lowest BCUT2D eigenvalue weighted by molar-refractivity contribution is -0.384. The average Bonchev–Trinajstić information content (AvgIpc) is 2.43. The van der Waals surface area contributed by atoms with Crippen LogP contribution < -0.4 is 10.1 Å². The topological polar surface area (TPSA) is 81.5 Å². The number of ether oxygens (including phenoxy) is 1. The van der Waals surface area contributed by atoms with E-state index in [1.54, 1.807) is 0 Å². The lowest BCUT2D eigenvalue weighted by atomic mass is 10.1. The Balaban J connectivity index is 2.87. The molecule has 1 amide bonds. The van der Waals surface area contributed by atoms with E-state index in [0.717, 1.165) is 6.42 Å². The molecule has 1 N–H and O–H groups in total. The molecule has 0 aromatic heterocycles. The van der Waals surface area contributed by atoms with E-state index in [2.05, 4.69) is 21.2 Å². The zero-order valence-corrected chi connectivity index (χ0v) is 12.3. The fourth-order valence-corrected chi connectivity index (χ4v) is 1.59. The van der Waals surface area contributed by atoms with Crippen molar-refractivity contribution in [1.29, 1.82) is 0 Å². The number of non-ortho nitro benzene ring substituents is 1. The van der Waals surface area contributed by atoms with Gasteiger partial charge in [0.25, 0.3) is 11.6 Å². The first-order valence-corrected chi connectivity index (χ1v) is 6.65. The van der Waals surface area contributed by atoms with E-state index in [1.807, 2.05) is 6.92 Å². The molecule has 6 nitrogen and oxygen atoms in total. The van der Waals surface area contributed by atoms with Gasteiger partial charge in [-0.2, -0.15) is 0 Å². The van der Waals surface area contributed by atoms with Crippen LogP contribution in [0.15, 0.2) is 18.2 Å². The Bertz CT molecular complexity index is 479. The van der Waals surface area contributed by atoms with E-state index in [4.69, 9.17) is 4.74 Å². The van der Waals surface area contributed by atoms with Crippen molar-refractivity contribution in [2.45, 2.75) is 18.2 Å². The highest BCUT2D eigenvalue weighted by molar-refractivity contribution is 9.09. The van der Waals surface area contributed by atoms with Gasteiger partial charge >= 0.3 is 0 Å². The molecule has 1 atom stereocenters. The number of nitro benzene ring substituents is 1. The summed E-state index contributed by atoms with van der Waals surface area (Å²) >= 11 is 3.41. The minimum absolute atomic E-state index is 0.111. The second-order valence-corrected chi connectivity index (χ2v) is 5.15. The Labute approximate surface area is 119 Å². The third-order valence-corrected chi connectivity index (χ3v) is 3.54. The van der Waals surface area contributed by atoms with Gasteiger partial charge in [0.15, 0.2) is 0 Å². The fourth-order valence-electron chi connectivity index (χ4n) is 1.42. The van der Waals surface area contributed by atoms with E-state index >= 15 is 0 Å². The summed E-state index contributed by atoms with van der Waals surface area (Å²) in [6, 6.07) is 3.91. The largest absolute Gasteiger partial charge is 0.496 e. The average molecular weight is 331 g/mol. The summed E-state index contributed by atoms with van der Waals surface area (Å²) in [6.07, 6.45) is 0.887. The number of benzene rings is 1. The fraction of sp³-hybridized carbons (Fsp3) is 0.417. The number of nitro groups is 1. The molecule has 0 aliphatic rings. The van der Waals surface area contributed by atoms with Crippen LogP contribution in [0.1, 0.15) is 23.7 Å². The summed E-state index contributed by atoms with van der Waals surface area (Å²) in [5, 5.41) is 13.4. The molecule has 1 rings (SSSR count). The highest BCUT2D eigenvalue weighted by Gasteiger charge is 2.17. The normalized spacial score (nSPS) is 11.7. The number of halogens is 1. The Kier molecular flexibility index (Phi) is 5.75. The predicted octanol–water partition coefficient (Wildman–Crippen LogP) is 2.51. The minimum Gasteiger partial charge on any atom is -0.496 e. The Morgan fingerprint density at radius 1 is 1.58 bits per heavy atom. The predicted molar refractivity (Wildman–Crippen MR) is 75.0 cm³/mol. The number of carbonyl (C=O) groups excluding carboxylic acids is 1. The van der Waals surface area contributed by atoms with Crippen molar-refractivity contribution in [3.8, 4) is 5.75 Å².